The van der Waals surface area contributed by atoms with Gasteiger partial charge in [-0.2, -0.15) is 0 Å². The van der Waals surface area contributed by atoms with Crippen LogP contribution in [0.5, 0.6) is 0 Å². The number of thiophene rings is 1. The number of benzene rings is 1. The summed E-state index contributed by atoms with van der Waals surface area (Å²) in [4.78, 5) is 1.03. The second-order valence-electron chi connectivity index (χ2n) is 3.71. The number of aliphatic hydroxyl groups is 1. The molecule has 80 valence electrons. The molecule has 1 aromatic heterocycles. The van der Waals surface area contributed by atoms with Crippen molar-refractivity contribution in [2.75, 3.05) is 7.05 Å². The Bertz CT molecular complexity index is 419. The first-order valence-electron chi connectivity index (χ1n) is 5.06. The van der Waals surface area contributed by atoms with E-state index in [2.05, 4.69) is 23.5 Å². The molecule has 2 aromatic rings. The van der Waals surface area contributed by atoms with Crippen LogP contribution in [0, 0.1) is 0 Å². The van der Waals surface area contributed by atoms with E-state index in [-0.39, 0.29) is 6.04 Å². The molecular weight excluding hydrogens is 206 g/mol. The Hall–Kier alpha value is -0.900. The molecule has 0 radical (unpaired) electrons. The highest BCUT2D eigenvalue weighted by Gasteiger charge is 2.16. The first-order chi connectivity index (χ1) is 7.22. The Kier molecular flexibility index (Phi) is 3.05. The second kappa shape index (κ2) is 4.31. The Morgan fingerprint density at radius 2 is 2.07 bits per heavy atom. The van der Waals surface area contributed by atoms with E-state index >= 15 is 0 Å². The topological polar surface area (TPSA) is 32.3 Å². The van der Waals surface area contributed by atoms with Crippen LogP contribution in [0.2, 0.25) is 0 Å². The molecule has 0 amide bonds. The van der Waals surface area contributed by atoms with Crippen LogP contribution in [-0.2, 0) is 0 Å². The number of likely N-dealkylation sites (N-methyl/N-ethyl adjacent to an activating group) is 1. The van der Waals surface area contributed by atoms with Crippen LogP contribution in [0.1, 0.15) is 17.9 Å². The molecule has 0 saturated heterocycles. The van der Waals surface area contributed by atoms with Gasteiger partial charge < -0.3 is 10.4 Å². The zero-order chi connectivity index (χ0) is 10.8. The van der Waals surface area contributed by atoms with E-state index in [1.54, 1.807) is 11.3 Å². The van der Waals surface area contributed by atoms with E-state index in [9.17, 15) is 5.11 Å². The molecule has 2 N–H and O–H groups in total. The van der Waals surface area contributed by atoms with Crippen molar-refractivity contribution < 1.29 is 5.11 Å². The lowest BCUT2D eigenvalue weighted by molar-refractivity contribution is 0.144. The largest absolute Gasteiger partial charge is 0.386 e. The van der Waals surface area contributed by atoms with Gasteiger partial charge in [0.2, 0.25) is 0 Å². The average molecular weight is 221 g/mol. The van der Waals surface area contributed by atoms with Gasteiger partial charge in [0.15, 0.2) is 0 Å². The zero-order valence-electron chi connectivity index (χ0n) is 8.90. The molecule has 0 aliphatic heterocycles. The molecule has 15 heavy (non-hydrogen) atoms. The van der Waals surface area contributed by atoms with Gasteiger partial charge in [0.1, 0.15) is 6.10 Å². The van der Waals surface area contributed by atoms with Crippen LogP contribution in [0.15, 0.2) is 30.3 Å². The number of hydrogen-bond acceptors (Lipinski definition) is 3. The lowest BCUT2D eigenvalue weighted by atomic mass is 10.1. The molecule has 0 aliphatic carbocycles. The van der Waals surface area contributed by atoms with Gasteiger partial charge in [-0.25, -0.2) is 0 Å². The highest BCUT2D eigenvalue weighted by atomic mass is 32.1. The van der Waals surface area contributed by atoms with E-state index in [1.165, 1.54) is 10.1 Å². The fourth-order valence-corrected chi connectivity index (χ4v) is 2.71. The molecule has 1 aromatic carbocycles. The minimum atomic E-state index is -0.424. The average Bonchev–Trinajstić information content (AvgIpc) is 2.70. The SMILES string of the molecule is CNC(C)C(O)c1cc2ccccc2s1. The predicted octanol–water partition coefficient (Wildman–Crippen LogP) is 2.54. The van der Waals surface area contributed by atoms with E-state index in [0.29, 0.717) is 0 Å². The van der Waals surface area contributed by atoms with Crippen molar-refractivity contribution in [1.82, 2.24) is 5.32 Å². The van der Waals surface area contributed by atoms with Crippen molar-refractivity contribution in [3.05, 3.63) is 35.2 Å². The van der Waals surface area contributed by atoms with E-state index in [1.807, 2.05) is 26.1 Å². The summed E-state index contributed by atoms with van der Waals surface area (Å²) in [5.74, 6) is 0. The predicted molar refractivity (Wildman–Crippen MR) is 65.3 cm³/mol. The Balaban J connectivity index is 2.36. The third-order valence-electron chi connectivity index (χ3n) is 2.67. The Morgan fingerprint density at radius 3 is 2.73 bits per heavy atom. The highest BCUT2D eigenvalue weighted by Crippen LogP contribution is 2.30. The standard InChI is InChI=1S/C12H15NOS/c1-8(13-2)12(14)11-7-9-5-3-4-6-10(9)15-11/h3-8,12-14H,1-2H3. The van der Waals surface area contributed by atoms with Crippen LogP contribution in [0.4, 0.5) is 0 Å². The summed E-state index contributed by atoms with van der Waals surface area (Å²) >= 11 is 1.66. The number of hydrogen-bond donors (Lipinski definition) is 2. The molecule has 0 saturated carbocycles. The van der Waals surface area contributed by atoms with Gasteiger partial charge in [-0.3, -0.25) is 0 Å². The van der Waals surface area contributed by atoms with E-state index < -0.39 is 6.10 Å². The summed E-state index contributed by atoms with van der Waals surface area (Å²) in [7, 11) is 1.86. The van der Waals surface area contributed by atoms with Gasteiger partial charge in [-0.15, -0.1) is 11.3 Å². The number of aliphatic hydroxyl groups excluding tert-OH is 1. The molecule has 2 unspecified atom stereocenters. The lowest BCUT2D eigenvalue weighted by Crippen LogP contribution is -2.28. The molecule has 0 bridgehead atoms. The monoisotopic (exact) mass is 221 g/mol. The lowest BCUT2D eigenvalue weighted by Gasteiger charge is -2.16. The maximum Gasteiger partial charge on any atom is 0.103 e. The number of fused-ring (bicyclic) bond motifs is 1. The molecular formula is C12H15NOS. The smallest absolute Gasteiger partial charge is 0.103 e. The minimum absolute atomic E-state index is 0.0815. The van der Waals surface area contributed by atoms with Gasteiger partial charge in [0.05, 0.1) is 0 Å². The third kappa shape index (κ3) is 2.04. The fourth-order valence-electron chi connectivity index (χ4n) is 1.55. The summed E-state index contributed by atoms with van der Waals surface area (Å²) in [5.41, 5.74) is 0. The Morgan fingerprint density at radius 1 is 1.33 bits per heavy atom. The number of rotatable bonds is 3. The first-order valence-corrected chi connectivity index (χ1v) is 5.88. The maximum absolute atomic E-state index is 10.0. The summed E-state index contributed by atoms with van der Waals surface area (Å²) in [6.45, 7) is 1.98. The van der Waals surface area contributed by atoms with Gasteiger partial charge in [0, 0.05) is 15.6 Å². The highest BCUT2D eigenvalue weighted by molar-refractivity contribution is 7.19. The van der Waals surface area contributed by atoms with Crippen LogP contribution < -0.4 is 5.32 Å². The van der Waals surface area contributed by atoms with Crippen LogP contribution in [0.25, 0.3) is 10.1 Å². The van der Waals surface area contributed by atoms with Crippen molar-refractivity contribution >= 4 is 21.4 Å². The van der Waals surface area contributed by atoms with Crippen molar-refractivity contribution in [2.24, 2.45) is 0 Å². The molecule has 1 heterocycles. The zero-order valence-corrected chi connectivity index (χ0v) is 9.71. The minimum Gasteiger partial charge on any atom is -0.386 e. The molecule has 0 fully saturated rings. The van der Waals surface area contributed by atoms with Crippen LogP contribution >= 0.6 is 11.3 Å². The first kappa shape index (κ1) is 10.6. The second-order valence-corrected chi connectivity index (χ2v) is 4.82. The molecule has 2 nitrogen and oxygen atoms in total. The molecule has 0 spiro atoms. The summed E-state index contributed by atoms with van der Waals surface area (Å²) < 4.78 is 1.23. The van der Waals surface area contributed by atoms with E-state index in [4.69, 9.17) is 0 Å². The number of nitrogens with one attached hydrogen (secondary N) is 1. The normalized spacial score (nSPS) is 15.4. The summed E-state index contributed by atoms with van der Waals surface area (Å²) in [6.07, 6.45) is -0.424. The van der Waals surface area contributed by atoms with Crippen molar-refractivity contribution in [1.29, 1.82) is 0 Å². The molecule has 2 rings (SSSR count). The molecule has 0 aliphatic rings. The maximum atomic E-state index is 10.0. The summed E-state index contributed by atoms with van der Waals surface area (Å²) in [6, 6.07) is 10.4. The summed E-state index contributed by atoms with van der Waals surface area (Å²) in [5, 5.41) is 14.3. The van der Waals surface area contributed by atoms with Crippen LogP contribution in [0.3, 0.4) is 0 Å². The van der Waals surface area contributed by atoms with E-state index in [0.717, 1.165) is 4.88 Å². The van der Waals surface area contributed by atoms with Crippen molar-refractivity contribution in [3.8, 4) is 0 Å². The van der Waals surface area contributed by atoms with Crippen molar-refractivity contribution in [2.45, 2.75) is 19.1 Å². The molecule has 2 atom stereocenters. The van der Waals surface area contributed by atoms with Gasteiger partial charge in [-0.1, -0.05) is 18.2 Å². The third-order valence-corrected chi connectivity index (χ3v) is 3.85. The van der Waals surface area contributed by atoms with Gasteiger partial charge in [0.25, 0.3) is 0 Å². The van der Waals surface area contributed by atoms with Crippen LogP contribution in [-0.4, -0.2) is 18.2 Å². The fraction of sp³-hybridized carbons (Fsp3) is 0.333. The Labute approximate surface area is 93.6 Å². The van der Waals surface area contributed by atoms with Crippen molar-refractivity contribution in [3.63, 3.8) is 0 Å². The van der Waals surface area contributed by atoms with Gasteiger partial charge in [-0.05, 0) is 31.5 Å². The quantitative estimate of drug-likeness (QED) is 0.835. The molecule has 3 heteroatoms. The van der Waals surface area contributed by atoms with Gasteiger partial charge >= 0.3 is 0 Å².